The summed E-state index contributed by atoms with van der Waals surface area (Å²) < 4.78 is 39.9. The maximum Gasteiger partial charge on any atom is 0.433 e. The van der Waals surface area contributed by atoms with E-state index in [1.807, 2.05) is 0 Å². The SMILES string of the molecule is C[C@@H](Sc1nc(-c2ccccc2)cc(C(F)(F)F)n1)C(=O)NCc1ccncc1. The maximum absolute atomic E-state index is 13.3. The summed E-state index contributed by atoms with van der Waals surface area (Å²) in [5.41, 5.74) is 0.516. The van der Waals surface area contributed by atoms with Gasteiger partial charge in [-0.1, -0.05) is 42.1 Å². The molecule has 1 atom stereocenters. The molecule has 3 aromatic rings. The first-order valence-corrected chi connectivity index (χ1v) is 9.56. The first-order chi connectivity index (χ1) is 13.8. The number of benzene rings is 1. The van der Waals surface area contributed by atoms with Gasteiger partial charge in [0.2, 0.25) is 5.91 Å². The van der Waals surface area contributed by atoms with Crippen LogP contribution in [-0.4, -0.2) is 26.1 Å². The number of alkyl halides is 3. The first kappa shape index (κ1) is 20.8. The predicted molar refractivity (Wildman–Crippen MR) is 104 cm³/mol. The Morgan fingerprint density at radius 2 is 1.79 bits per heavy atom. The number of nitrogens with zero attached hydrogens (tertiary/aromatic N) is 3. The summed E-state index contributed by atoms with van der Waals surface area (Å²) in [6.45, 7) is 1.89. The number of carbonyl (C=O) groups excluding carboxylic acids is 1. The number of hydrogen-bond acceptors (Lipinski definition) is 5. The zero-order valence-electron chi connectivity index (χ0n) is 15.3. The van der Waals surface area contributed by atoms with E-state index < -0.39 is 17.1 Å². The lowest BCUT2D eigenvalue weighted by Crippen LogP contribution is -2.30. The van der Waals surface area contributed by atoms with Crippen LogP contribution in [0.5, 0.6) is 0 Å². The van der Waals surface area contributed by atoms with Crippen molar-refractivity contribution in [3.05, 3.63) is 72.2 Å². The monoisotopic (exact) mass is 418 g/mol. The number of halogens is 3. The van der Waals surface area contributed by atoms with Crippen LogP contribution in [0.4, 0.5) is 13.2 Å². The molecule has 1 amide bonds. The van der Waals surface area contributed by atoms with Crippen molar-refractivity contribution in [1.29, 1.82) is 0 Å². The van der Waals surface area contributed by atoms with Gasteiger partial charge >= 0.3 is 6.18 Å². The predicted octanol–water partition coefficient (Wildman–Crippen LogP) is 4.35. The highest BCUT2D eigenvalue weighted by atomic mass is 32.2. The van der Waals surface area contributed by atoms with Crippen LogP contribution in [0.25, 0.3) is 11.3 Å². The summed E-state index contributed by atoms with van der Waals surface area (Å²) in [5.74, 6) is -0.325. The van der Waals surface area contributed by atoms with E-state index in [2.05, 4.69) is 20.3 Å². The number of amides is 1. The molecule has 3 rings (SSSR count). The van der Waals surface area contributed by atoms with Gasteiger partial charge < -0.3 is 5.32 Å². The number of carbonyl (C=O) groups is 1. The normalized spacial score (nSPS) is 12.4. The lowest BCUT2D eigenvalue weighted by molar-refractivity contribution is -0.141. The summed E-state index contributed by atoms with van der Waals surface area (Å²) in [5, 5.41) is 1.96. The molecule has 1 N–H and O–H groups in total. The van der Waals surface area contributed by atoms with Crippen molar-refractivity contribution in [1.82, 2.24) is 20.3 Å². The van der Waals surface area contributed by atoms with Crippen LogP contribution in [0.3, 0.4) is 0 Å². The topological polar surface area (TPSA) is 67.8 Å². The number of aromatic nitrogens is 3. The Bertz CT molecular complexity index is 968. The minimum absolute atomic E-state index is 0.106. The van der Waals surface area contributed by atoms with Gasteiger partial charge in [0.15, 0.2) is 5.16 Å². The molecule has 0 unspecified atom stereocenters. The lowest BCUT2D eigenvalue weighted by Gasteiger charge is -2.14. The molecular formula is C20H17F3N4OS. The lowest BCUT2D eigenvalue weighted by atomic mass is 10.1. The van der Waals surface area contributed by atoms with E-state index in [0.29, 0.717) is 12.1 Å². The van der Waals surface area contributed by atoms with Crippen LogP contribution in [0.15, 0.2) is 66.1 Å². The van der Waals surface area contributed by atoms with Crippen molar-refractivity contribution in [3.63, 3.8) is 0 Å². The minimum atomic E-state index is -4.62. The van der Waals surface area contributed by atoms with E-state index in [0.717, 1.165) is 23.4 Å². The molecule has 5 nitrogen and oxygen atoms in total. The van der Waals surface area contributed by atoms with E-state index in [-0.39, 0.29) is 16.8 Å². The van der Waals surface area contributed by atoms with Crippen LogP contribution in [0, 0.1) is 0 Å². The Balaban J connectivity index is 1.77. The molecular weight excluding hydrogens is 401 g/mol. The Morgan fingerprint density at radius 3 is 2.45 bits per heavy atom. The highest BCUT2D eigenvalue weighted by Gasteiger charge is 2.34. The molecule has 0 saturated carbocycles. The molecule has 0 aliphatic heterocycles. The van der Waals surface area contributed by atoms with Gasteiger partial charge in [0, 0.05) is 24.5 Å². The summed E-state index contributed by atoms with van der Waals surface area (Å²) in [7, 11) is 0. The quantitative estimate of drug-likeness (QED) is 0.476. The van der Waals surface area contributed by atoms with Gasteiger partial charge in [-0.15, -0.1) is 0 Å². The molecule has 1 aromatic carbocycles. The van der Waals surface area contributed by atoms with Crippen LogP contribution in [0.2, 0.25) is 0 Å². The zero-order chi connectivity index (χ0) is 20.9. The van der Waals surface area contributed by atoms with Crippen molar-refractivity contribution < 1.29 is 18.0 Å². The van der Waals surface area contributed by atoms with Crippen LogP contribution in [0.1, 0.15) is 18.2 Å². The third-order valence-electron chi connectivity index (χ3n) is 3.93. The van der Waals surface area contributed by atoms with E-state index in [4.69, 9.17) is 0 Å². The third kappa shape index (κ3) is 5.77. The van der Waals surface area contributed by atoms with Gasteiger partial charge in [-0.3, -0.25) is 9.78 Å². The molecule has 0 radical (unpaired) electrons. The van der Waals surface area contributed by atoms with E-state index >= 15 is 0 Å². The van der Waals surface area contributed by atoms with Crippen molar-refractivity contribution in [2.75, 3.05) is 0 Å². The van der Waals surface area contributed by atoms with Crippen molar-refractivity contribution in [3.8, 4) is 11.3 Å². The molecule has 0 bridgehead atoms. The highest BCUT2D eigenvalue weighted by Crippen LogP contribution is 2.32. The van der Waals surface area contributed by atoms with E-state index in [1.54, 1.807) is 61.8 Å². The standard InChI is InChI=1S/C20H17F3N4OS/c1-13(18(28)25-12-14-7-9-24-10-8-14)29-19-26-16(15-5-3-2-4-6-15)11-17(27-19)20(21,22)23/h2-11,13H,12H2,1H3,(H,25,28)/t13-/m1/s1. The van der Waals surface area contributed by atoms with Gasteiger partial charge in [0.25, 0.3) is 0 Å². The van der Waals surface area contributed by atoms with Gasteiger partial charge in [-0.05, 0) is 30.7 Å². The number of nitrogens with one attached hydrogen (secondary N) is 1. The minimum Gasteiger partial charge on any atom is -0.351 e. The summed E-state index contributed by atoms with van der Waals surface area (Å²) >= 11 is 0.879. The van der Waals surface area contributed by atoms with Crippen LogP contribution in [-0.2, 0) is 17.5 Å². The molecule has 0 saturated heterocycles. The second-order valence-corrected chi connectivity index (χ2v) is 7.43. The summed E-state index contributed by atoms with van der Waals surface area (Å²) in [6.07, 6.45) is -1.39. The Morgan fingerprint density at radius 1 is 1.10 bits per heavy atom. The summed E-state index contributed by atoms with van der Waals surface area (Å²) in [4.78, 5) is 24.1. The zero-order valence-corrected chi connectivity index (χ0v) is 16.2. The molecule has 150 valence electrons. The van der Waals surface area contributed by atoms with Gasteiger partial charge in [-0.2, -0.15) is 13.2 Å². The fourth-order valence-corrected chi connectivity index (χ4v) is 3.23. The van der Waals surface area contributed by atoms with Gasteiger partial charge in [-0.25, -0.2) is 9.97 Å². The van der Waals surface area contributed by atoms with Crippen LogP contribution >= 0.6 is 11.8 Å². The molecule has 2 heterocycles. The number of rotatable bonds is 6. The van der Waals surface area contributed by atoms with Gasteiger partial charge in [0.1, 0.15) is 5.69 Å². The largest absolute Gasteiger partial charge is 0.433 e. The molecule has 0 spiro atoms. The fraction of sp³-hybridized carbons (Fsp3) is 0.200. The average Bonchev–Trinajstić information content (AvgIpc) is 2.72. The van der Waals surface area contributed by atoms with E-state index in [9.17, 15) is 18.0 Å². The number of hydrogen-bond donors (Lipinski definition) is 1. The molecule has 9 heteroatoms. The maximum atomic E-state index is 13.3. The Hall–Kier alpha value is -2.94. The second-order valence-electron chi connectivity index (χ2n) is 6.12. The number of thioether (sulfide) groups is 1. The van der Waals surface area contributed by atoms with E-state index in [1.165, 1.54) is 0 Å². The molecule has 2 aromatic heterocycles. The Labute approximate surface area is 169 Å². The third-order valence-corrected chi connectivity index (χ3v) is 4.89. The fourth-order valence-electron chi connectivity index (χ4n) is 2.43. The number of pyridine rings is 1. The first-order valence-electron chi connectivity index (χ1n) is 8.68. The highest BCUT2D eigenvalue weighted by molar-refractivity contribution is 8.00. The smallest absolute Gasteiger partial charge is 0.351 e. The second kappa shape index (κ2) is 9.04. The molecule has 29 heavy (non-hydrogen) atoms. The summed E-state index contributed by atoms with van der Waals surface area (Å²) in [6, 6.07) is 13.0. The molecule has 0 aliphatic rings. The van der Waals surface area contributed by atoms with Crippen LogP contribution < -0.4 is 5.32 Å². The average molecular weight is 418 g/mol. The van der Waals surface area contributed by atoms with Gasteiger partial charge in [0.05, 0.1) is 10.9 Å². The Kier molecular flexibility index (Phi) is 6.48. The van der Waals surface area contributed by atoms with Crippen molar-refractivity contribution in [2.45, 2.75) is 30.1 Å². The molecule has 0 aliphatic carbocycles. The molecule has 0 fully saturated rings. The van der Waals surface area contributed by atoms with Crippen molar-refractivity contribution in [2.24, 2.45) is 0 Å². The van der Waals surface area contributed by atoms with Crippen molar-refractivity contribution >= 4 is 17.7 Å².